The van der Waals surface area contributed by atoms with E-state index in [1.165, 1.54) is 0 Å². The third-order valence-electron chi connectivity index (χ3n) is 3.46. The quantitative estimate of drug-likeness (QED) is 0.776. The van der Waals surface area contributed by atoms with Gasteiger partial charge in [0.05, 0.1) is 5.69 Å². The van der Waals surface area contributed by atoms with Crippen LogP contribution in [0.1, 0.15) is 10.5 Å². The smallest absolute Gasteiger partial charge is 0.274 e. The molecule has 0 aliphatic carbocycles. The summed E-state index contributed by atoms with van der Waals surface area (Å²) in [6, 6.07) is 16.2. The van der Waals surface area contributed by atoms with E-state index in [-0.39, 0.29) is 5.91 Å². The maximum atomic E-state index is 12.3. The zero-order valence-electron chi connectivity index (χ0n) is 13.0. The van der Waals surface area contributed by atoms with Crippen molar-refractivity contribution in [1.82, 2.24) is 9.97 Å². The molecule has 1 N–H and O–H groups in total. The minimum atomic E-state index is -0.283. The summed E-state index contributed by atoms with van der Waals surface area (Å²) < 4.78 is 0. The number of nitrogens with zero attached hydrogens (tertiary/aromatic N) is 3. The monoisotopic (exact) mass is 338 g/mol. The van der Waals surface area contributed by atoms with Gasteiger partial charge in [0.25, 0.3) is 5.91 Å². The minimum absolute atomic E-state index is 0.283. The lowest BCUT2D eigenvalue weighted by molar-refractivity contribution is 0.102. The highest BCUT2D eigenvalue weighted by molar-refractivity contribution is 6.30. The molecule has 3 rings (SSSR count). The van der Waals surface area contributed by atoms with E-state index in [9.17, 15) is 4.79 Å². The Hall–Kier alpha value is -2.92. The molecule has 6 heteroatoms. The van der Waals surface area contributed by atoms with Crippen molar-refractivity contribution in [3.8, 4) is 0 Å². The average molecular weight is 339 g/mol. The van der Waals surface area contributed by atoms with Crippen LogP contribution in [0.5, 0.6) is 0 Å². The van der Waals surface area contributed by atoms with Crippen molar-refractivity contribution in [3.05, 3.63) is 77.7 Å². The third kappa shape index (κ3) is 3.52. The number of aromatic nitrogens is 2. The Morgan fingerprint density at radius 2 is 1.75 bits per heavy atom. The Balaban J connectivity index is 1.88. The number of anilines is 3. The molecule has 1 amide bonds. The highest BCUT2D eigenvalue weighted by atomic mass is 35.5. The van der Waals surface area contributed by atoms with E-state index < -0.39 is 0 Å². The molecule has 0 saturated carbocycles. The lowest BCUT2D eigenvalue weighted by atomic mass is 10.2. The molecule has 2 heterocycles. The highest BCUT2D eigenvalue weighted by Crippen LogP contribution is 2.29. The van der Waals surface area contributed by atoms with Crippen LogP contribution >= 0.6 is 11.6 Å². The van der Waals surface area contributed by atoms with Crippen molar-refractivity contribution < 1.29 is 4.79 Å². The van der Waals surface area contributed by atoms with Gasteiger partial charge in [0.15, 0.2) is 5.82 Å². The number of hydrogen-bond acceptors (Lipinski definition) is 4. The van der Waals surface area contributed by atoms with Crippen molar-refractivity contribution in [1.29, 1.82) is 0 Å². The normalized spacial score (nSPS) is 10.2. The standard InChI is InChI=1S/C18H15ClN4O/c1-23(14-9-7-13(19)8-10-14)17-15(6-4-12-21-17)22-18(24)16-5-2-3-11-20-16/h2-12H,1H3,(H,22,24). The molecule has 5 nitrogen and oxygen atoms in total. The summed E-state index contributed by atoms with van der Waals surface area (Å²) in [5, 5.41) is 3.52. The van der Waals surface area contributed by atoms with Crippen molar-refractivity contribution in [2.24, 2.45) is 0 Å². The first kappa shape index (κ1) is 16.0. The largest absolute Gasteiger partial charge is 0.328 e. The molecule has 24 heavy (non-hydrogen) atoms. The Labute approximate surface area is 144 Å². The van der Waals surface area contributed by atoms with Crippen LogP contribution in [0.3, 0.4) is 0 Å². The zero-order chi connectivity index (χ0) is 16.9. The zero-order valence-corrected chi connectivity index (χ0v) is 13.7. The number of carbonyl (C=O) groups is 1. The van der Waals surface area contributed by atoms with Gasteiger partial charge < -0.3 is 10.2 Å². The number of benzene rings is 1. The fourth-order valence-electron chi connectivity index (χ4n) is 2.23. The number of nitrogens with one attached hydrogen (secondary N) is 1. The molecule has 0 radical (unpaired) electrons. The second kappa shape index (κ2) is 7.10. The molecule has 0 saturated heterocycles. The van der Waals surface area contributed by atoms with Gasteiger partial charge in [-0.25, -0.2) is 4.98 Å². The Bertz CT molecular complexity index is 837. The summed E-state index contributed by atoms with van der Waals surface area (Å²) >= 11 is 5.93. The van der Waals surface area contributed by atoms with E-state index in [2.05, 4.69) is 15.3 Å². The molecule has 0 aliphatic heterocycles. The Morgan fingerprint density at radius 3 is 2.46 bits per heavy atom. The molecule has 0 atom stereocenters. The van der Waals surface area contributed by atoms with Crippen LogP contribution < -0.4 is 10.2 Å². The second-order valence-corrected chi connectivity index (χ2v) is 5.52. The fourth-order valence-corrected chi connectivity index (χ4v) is 2.36. The van der Waals surface area contributed by atoms with Gasteiger partial charge in [0.1, 0.15) is 5.69 Å². The maximum absolute atomic E-state index is 12.3. The molecule has 0 spiro atoms. The van der Waals surface area contributed by atoms with Crippen LogP contribution in [-0.4, -0.2) is 22.9 Å². The molecule has 0 bridgehead atoms. The molecular formula is C18H15ClN4O. The van der Waals surface area contributed by atoms with Gasteiger partial charge in [-0.3, -0.25) is 9.78 Å². The molecule has 0 aliphatic rings. The molecule has 3 aromatic rings. The van der Waals surface area contributed by atoms with Crippen LogP contribution in [-0.2, 0) is 0 Å². The number of halogens is 1. The van der Waals surface area contributed by atoms with Crippen molar-refractivity contribution in [2.75, 3.05) is 17.3 Å². The van der Waals surface area contributed by atoms with Gasteiger partial charge in [0, 0.05) is 30.2 Å². The first-order valence-corrected chi connectivity index (χ1v) is 7.69. The minimum Gasteiger partial charge on any atom is -0.328 e. The van der Waals surface area contributed by atoms with Crippen molar-refractivity contribution >= 4 is 34.7 Å². The second-order valence-electron chi connectivity index (χ2n) is 5.08. The molecule has 0 unspecified atom stereocenters. The molecule has 120 valence electrons. The number of pyridine rings is 2. The summed E-state index contributed by atoms with van der Waals surface area (Å²) in [6.07, 6.45) is 3.26. The van der Waals surface area contributed by atoms with E-state index >= 15 is 0 Å². The molecule has 2 aromatic heterocycles. The summed E-state index contributed by atoms with van der Waals surface area (Å²) in [5.74, 6) is 0.346. The van der Waals surface area contributed by atoms with Gasteiger partial charge in [0.2, 0.25) is 0 Å². The number of carbonyl (C=O) groups excluding carboxylic acids is 1. The van der Waals surface area contributed by atoms with E-state index in [1.807, 2.05) is 36.2 Å². The lowest BCUT2D eigenvalue weighted by Crippen LogP contribution is -2.18. The number of amides is 1. The van der Waals surface area contributed by atoms with E-state index in [1.54, 1.807) is 42.7 Å². The van der Waals surface area contributed by atoms with Crippen LogP contribution in [0, 0.1) is 0 Å². The van der Waals surface area contributed by atoms with Gasteiger partial charge >= 0.3 is 0 Å². The van der Waals surface area contributed by atoms with Crippen LogP contribution in [0.15, 0.2) is 67.0 Å². The van der Waals surface area contributed by atoms with E-state index in [0.717, 1.165) is 5.69 Å². The topological polar surface area (TPSA) is 58.1 Å². The van der Waals surface area contributed by atoms with Gasteiger partial charge in [-0.2, -0.15) is 0 Å². The van der Waals surface area contributed by atoms with E-state index in [4.69, 9.17) is 11.6 Å². The lowest BCUT2D eigenvalue weighted by Gasteiger charge is -2.21. The first-order valence-electron chi connectivity index (χ1n) is 7.32. The van der Waals surface area contributed by atoms with Crippen LogP contribution in [0.25, 0.3) is 0 Å². The molecule has 1 aromatic carbocycles. The fraction of sp³-hybridized carbons (Fsp3) is 0.0556. The summed E-state index contributed by atoms with van der Waals surface area (Å²) in [7, 11) is 1.88. The van der Waals surface area contributed by atoms with Crippen molar-refractivity contribution in [3.63, 3.8) is 0 Å². The first-order chi connectivity index (χ1) is 11.6. The molecular weight excluding hydrogens is 324 g/mol. The predicted octanol–water partition coefficient (Wildman–Crippen LogP) is 4.15. The van der Waals surface area contributed by atoms with Gasteiger partial charge in [-0.05, 0) is 48.5 Å². The summed E-state index contributed by atoms with van der Waals surface area (Å²) in [5.41, 5.74) is 1.86. The average Bonchev–Trinajstić information content (AvgIpc) is 2.63. The van der Waals surface area contributed by atoms with Gasteiger partial charge in [-0.15, -0.1) is 0 Å². The summed E-state index contributed by atoms with van der Waals surface area (Å²) in [6.45, 7) is 0. The Kier molecular flexibility index (Phi) is 4.72. The van der Waals surface area contributed by atoms with Gasteiger partial charge in [-0.1, -0.05) is 17.7 Å². The Morgan fingerprint density at radius 1 is 1.00 bits per heavy atom. The molecule has 0 fully saturated rings. The number of hydrogen-bond donors (Lipinski definition) is 1. The van der Waals surface area contributed by atoms with Crippen LogP contribution in [0.4, 0.5) is 17.2 Å². The SMILES string of the molecule is CN(c1ccc(Cl)cc1)c1ncccc1NC(=O)c1ccccn1. The summed E-state index contributed by atoms with van der Waals surface area (Å²) in [4.78, 5) is 22.7. The van der Waals surface area contributed by atoms with E-state index in [0.29, 0.717) is 22.2 Å². The number of rotatable bonds is 4. The van der Waals surface area contributed by atoms with Crippen molar-refractivity contribution in [2.45, 2.75) is 0 Å². The third-order valence-corrected chi connectivity index (χ3v) is 3.72. The highest BCUT2D eigenvalue weighted by Gasteiger charge is 2.14. The van der Waals surface area contributed by atoms with Crippen LogP contribution in [0.2, 0.25) is 5.02 Å². The maximum Gasteiger partial charge on any atom is 0.274 e. The predicted molar refractivity (Wildman–Crippen MR) is 95.9 cm³/mol.